The summed E-state index contributed by atoms with van der Waals surface area (Å²) in [6, 6.07) is 7.16. The molecule has 88 valence electrons. The monoisotopic (exact) mass is 226 g/mol. The Kier molecular flexibility index (Phi) is 3.13. The molecule has 1 aromatic carbocycles. The normalized spacial score (nSPS) is 19.0. The van der Waals surface area contributed by atoms with E-state index in [9.17, 15) is 8.78 Å². The maximum atomic E-state index is 13.3. The summed E-state index contributed by atoms with van der Waals surface area (Å²) < 4.78 is 31.9. The zero-order chi connectivity index (χ0) is 11.6. The van der Waals surface area contributed by atoms with E-state index in [0.29, 0.717) is 24.2 Å². The molecule has 0 heterocycles. The minimum atomic E-state index is -2.31. The molecular weight excluding hydrogens is 210 g/mol. The van der Waals surface area contributed by atoms with Crippen molar-refractivity contribution in [2.24, 2.45) is 0 Å². The van der Waals surface area contributed by atoms with Crippen molar-refractivity contribution >= 4 is 0 Å². The zero-order valence-corrected chi connectivity index (χ0v) is 9.38. The average Bonchev–Trinajstić information content (AvgIpc) is 2.79. The van der Waals surface area contributed by atoms with Gasteiger partial charge in [0.15, 0.2) is 0 Å². The van der Waals surface area contributed by atoms with Crippen molar-refractivity contribution in [2.75, 3.05) is 7.11 Å². The molecule has 1 nitrogen and oxygen atoms in total. The molecule has 1 aliphatic rings. The Balaban J connectivity index is 2.46. The number of alkyl halides is 2. The van der Waals surface area contributed by atoms with Gasteiger partial charge in [-0.15, -0.1) is 0 Å². The van der Waals surface area contributed by atoms with E-state index in [1.165, 1.54) is 7.11 Å². The summed E-state index contributed by atoms with van der Waals surface area (Å²) >= 11 is 0. The van der Waals surface area contributed by atoms with Gasteiger partial charge in [0, 0.05) is 5.56 Å². The van der Waals surface area contributed by atoms with E-state index in [-0.39, 0.29) is 0 Å². The van der Waals surface area contributed by atoms with Crippen LogP contribution in [0.1, 0.15) is 31.2 Å². The highest BCUT2D eigenvalue weighted by molar-refractivity contribution is 5.41. The van der Waals surface area contributed by atoms with Gasteiger partial charge < -0.3 is 4.74 Å². The Morgan fingerprint density at radius 3 is 2.38 bits per heavy atom. The fraction of sp³-hybridized carbons (Fsp3) is 0.538. The summed E-state index contributed by atoms with van der Waals surface area (Å²) in [5.41, 5.74) is -0.308. The van der Waals surface area contributed by atoms with E-state index >= 15 is 0 Å². The molecule has 0 radical (unpaired) electrons. The first-order valence-electron chi connectivity index (χ1n) is 5.62. The minimum absolute atomic E-state index is 0.561. The number of methoxy groups -OCH3 is 1. The number of halogens is 2. The lowest BCUT2D eigenvalue weighted by atomic mass is 9.78. The molecule has 1 saturated carbocycles. The quantitative estimate of drug-likeness (QED) is 0.762. The molecule has 1 aromatic rings. The molecular formula is C13H16F2O. The molecule has 0 aliphatic heterocycles. The number of benzene rings is 1. The van der Waals surface area contributed by atoms with Crippen LogP contribution in [0.4, 0.5) is 8.78 Å². The highest BCUT2D eigenvalue weighted by Crippen LogP contribution is 2.48. The second kappa shape index (κ2) is 4.40. The summed E-state index contributed by atoms with van der Waals surface area (Å²) in [5, 5.41) is 0. The molecule has 3 heteroatoms. The SMILES string of the molecule is COc1ccccc1C1(C(F)F)CCCC1. The highest BCUT2D eigenvalue weighted by atomic mass is 19.3. The maximum absolute atomic E-state index is 13.3. The second-order valence-corrected chi connectivity index (χ2v) is 4.36. The van der Waals surface area contributed by atoms with Gasteiger partial charge in [-0.1, -0.05) is 31.0 Å². The fourth-order valence-corrected chi connectivity index (χ4v) is 2.67. The first kappa shape index (κ1) is 11.4. The van der Waals surface area contributed by atoms with Crippen LogP contribution in [0.3, 0.4) is 0 Å². The van der Waals surface area contributed by atoms with Crippen molar-refractivity contribution in [1.82, 2.24) is 0 Å². The van der Waals surface area contributed by atoms with E-state index in [0.717, 1.165) is 12.8 Å². The van der Waals surface area contributed by atoms with Gasteiger partial charge in [-0.3, -0.25) is 0 Å². The first-order valence-corrected chi connectivity index (χ1v) is 5.62. The third-order valence-corrected chi connectivity index (χ3v) is 3.56. The van der Waals surface area contributed by atoms with Gasteiger partial charge in [0.1, 0.15) is 5.75 Å². The highest BCUT2D eigenvalue weighted by Gasteiger charge is 2.45. The van der Waals surface area contributed by atoms with Crippen LogP contribution >= 0.6 is 0 Å². The van der Waals surface area contributed by atoms with Crippen molar-refractivity contribution in [2.45, 2.75) is 37.5 Å². The molecule has 0 unspecified atom stereocenters. The van der Waals surface area contributed by atoms with Gasteiger partial charge in [-0.05, 0) is 18.9 Å². The molecule has 1 aliphatic carbocycles. The van der Waals surface area contributed by atoms with Gasteiger partial charge in [-0.2, -0.15) is 0 Å². The van der Waals surface area contributed by atoms with Crippen molar-refractivity contribution in [3.05, 3.63) is 29.8 Å². The van der Waals surface area contributed by atoms with Crippen LogP contribution in [0.5, 0.6) is 5.75 Å². The lowest BCUT2D eigenvalue weighted by Crippen LogP contribution is -2.31. The third kappa shape index (κ3) is 1.68. The summed E-state index contributed by atoms with van der Waals surface area (Å²) in [4.78, 5) is 0. The van der Waals surface area contributed by atoms with Gasteiger partial charge in [0.05, 0.1) is 12.5 Å². The van der Waals surface area contributed by atoms with Gasteiger partial charge in [0.2, 0.25) is 6.43 Å². The molecule has 0 spiro atoms. The molecule has 0 amide bonds. The number of para-hydroxylation sites is 1. The molecule has 0 aromatic heterocycles. The van der Waals surface area contributed by atoms with Crippen LogP contribution in [0.15, 0.2) is 24.3 Å². The first-order chi connectivity index (χ1) is 7.70. The third-order valence-electron chi connectivity index (χ3n) is 3.56. The Labute approximate surface area is 94.4 Å². The van der Waals surface area contributed by atoms with Crippen LogP contribution in [-0.4, -0.2) is 13.5 Å². The zero-order valence-electron chi connectivity index (χ0n) is 9.38. The molecule has 0 bridgehead atoms. The topological polar surface area (TPSA) is 9.23 Å². The summed E-state index contributed by atoms with van der Waals surface area (Å²) in [5.74, 6) is 0.588. The molecule has 16 heavy (non-hydrogen) atoms. The largest absolute Gasteiger partial charge is 0.496 e. The van der Waals surface area contributed by atoms with Crippen molar-refractivity contribution in [3.8, 4) is 5.75 Å². The van der Waals surface area contributed by atoms with Crippen LogP contribution in [0.25, 0.3) is 0 Å². The van der Waals surface area contributed by atoms with Gasteiger partial charge in [-0.25, -0.2) is 8.78 Å². The van der Waals surface area contributed by atoms with Crippen molar-refractivity contribution < 1.29 is 13.5 Å². The second-order valence-electron chi connectivity index (χ2n) is 4.36. The Morgan fingerprint density at radius 2 is 1.81 bits per heavy atom. The van der Waals surface area contributed by atoms with E-state index in [1.807, 2.05) is 6.07 Å². The van der Waals surface area contributed by atoms with Crippen molar-refractivity contribution in [3.63, 3.8) is 0 Å². The number of hydrogen-bond acceptors (Lipinski definition) is 1. The van der Waals surface area contributed by atoms with E-state index in [2.05, 4.69) is 0 Å². The van der Waals surface area contributed by atoms with E-state index in [1.54, 1.807) is 18.2 Å². The minimum Gasteiger partial charge on any atom is -0.496 e. The van der Waals surface area contributed by atoms with E-state index < -0.39 is 11.8 Å². The molecule has 1 fully saturated rings. The summed E-state index contributed by atoms with van der Waals surface area (Å²) in [6.07, 6.45) is 0.562. The average molecular weight is 226 g/mol. The van der Waals surface area contributed by atoms with Crippen molar-refractivity contribution in [1.29, 1.82) is 0 Å². The van der Waals surface area contributed by atoms with Crippen LogP contribution in [0.2, 0.25) is 0 Å². The van der Waals surface area contributed by atoms with Gasteiger partial charge >= 0.3 is 0 Å². The van der Waals surface area contributed by atoms with Crippen LogP contribution < -0.4 is 4.74 Å². The number of rotatable bonds is 3. The van der Waals surface area contributed by atoms with E-state index in [4.69, 9.17) is 4.74 Å². The standard InChI is InChI=1S/C13H16F2O/c1-16-11-7-3-2-6-10(11)13(12(14)15)8-4-5-9-13/h2-3,6-7,12H,4-5,8-9H2,1H3. The maximum Gasteiger partial charge on any atom is 0.248 e. The smallest absolute Gasteiger partial charge is 0.248 e. The molecule has 0 saturated heterocycles. The predicted octanol–water partition coefficient (Wildman–Crippen LogP) is 3.77. The van der Waals surface area contributed by atoms with Crippen LogP contribution in [0, 0.1) is 0 Å². The van der Waals surface area contributed by atoms with Crippen LogP contribution in [-0.2, 0) is 5.41 Å². The lowest BCUT2D eigenvalue weighted by Gasteiger charge is -2.30. The summed E-state index contributed by atoms with van der Waals surface area (Å²) in [7, 11) is 1.53. The van der Waals surface area contributed by atoms with Gasteiger partial charge in [0.25, 0.3) is 0 Å². The molecule has 0 N–H and O–H groups in total. The Morgan fingerprint density at radius 1 is 1.19 bits per heavy atom. The predicted molar refractivity (Wildman–Crippen MR) is 59.1 cm³/mol. The Bertz CT molecular complexity index is 357. The number of ether oxygens (including phenoxy) is 1. The summed E-state index contributed by atoms with van der Waals surface area (Å²) in [6.45, 7) is 0. The Hall–Kier alpha value is -1.12. The lowest BCUT2D eigenvalue weighted by molar-refractivity contribution is 0.0507. The number of hydrogen-bond donors (Lipinski definition) is 0. The fourth-order valence-electron chi connectivity index (χ4n) is 2.67. The molecule has 2 rings (SSSR count). The molecule has 0 atom stereocenters.